The third kappa shape index (κ3) is 2.28. The van der Waals surface area contributed by atoms with Crippen LogP contribution in [-0.2, 0) is 0 Å². The highest BCUT2D eigenvalue weighted by Crippen LogP contribution is 2.07. The van der Waals surface area contributed by atoms with Gasteiger partial charge >= 0.3 is 0 Å². The van der Waals surface area contributed by atoms with Crippen LogP contribution in [0.5, 0.6) is 0 Å². The Morgan fingerprint density at radius 3 is 2.00 bits per heavy atom. The second kappa shape index (κ2) is 2.46. The standard InChI is InChI=1S/C6H15NO/c1-4-5(7)6(2,3)8/h5,8H,4,7H2,1-3H3. The molecule has 50 valence electrons. The van der Waals surface area contributed by atoms with Gasteiger partial charge in [-0.15, -0.1) is 0 Å². The van der Waals surface area contributed by atoms with E-state index in [4.69, 9.17) is 10.8 Å². The molecular formula is C6H15NO. The topological polar surface area (TPSA) is 46.2 Å². The molecule has 0 aliphatic heterocycles. The Balaban J connectivity index is 3.62. The van der Waals surface area contributed by atoms with Crippen LogP contribution >= 0.6 is 0 Å². The van der Waals surface area contributed by atoms with Crippen molar-refractivity contribution in [3.05, 3.63) is 0 Å². The maximum Gasteiger partial charge on any atom is 0.0741 e. The zero-order chi connectivity index (χ0) is 6.78. The van der Waals surface area contributed by atoms with Crippen LogP contribution in [0, 0.1) is 0 Å². The van der Waals surface area contributed by atoms with Gasteiger partial charge in [-0.1, -0.05) is 6.92 Å². The van der Waals surface area contributed by atoms with E-state index < -0.39 is 5.60 Å². The minimum Gasteiger partial charge on any atom is -0.389 e. The fourth-order valence-corrected chi connectivity index (χ4v) is 0.500. The van der Waals surface area contributed by atoms with Gasteiger partial charge in [-0.3, -0.25) is 0 Å². The molecule has 0 heterocycles. The first-order chi connectivity index (χ1) is 3.48. The molecule has 1 unspecified atom stereocenters. The number of hydrogen-bond acceptors (Lipinski definition) is 2. The average Bonchev–Trinajstić information content (AvgIpc) is 1.62. The SMILES string of the molecule is CCC(N)C(C)(C)O. The first kappa shape index (κ1) is 7.92. The molecule has 0 rings (SSSR count). The molecule has 2 heteroatoms. The number of hydrogen-bond donors (Lipinski definition) is 2. The Labute approximate surface area is 50.7 Å². The summed E-state index contributed by atoms with van der Waals surface area (Å²) >= 11 is 0. The lowest BCUT2D eigenvalue weighted by Crippen LogP contribution is -2.42. The smallest absolute Gasteiger partial charge is 0.0741 e. The highest BCUT2D eigenvalue weighted by molar-refractivity contribution is 4.78. The van der Waals surface area contributed by atoms with Crippen LogP contribution in [0.2, 0.25) is 0 Å². The normalized spacial score (nSPS) is 16.1. The van der Waals surface area contributed by atoms with Crippen molar-refractivity contribution in [3.63, 3.8) is 0 Å². The van der Waals surface area contributed by atoms with Gasteiger partial charge in [0.1, 0.15) is 0 Å². The van der Waals surface area contributed by atoms with Gasteiger partial charge in [0.05, 0.1) is 5.60 Å². The molecule has 0 radical (unpaired) electrons. The Morgan fingerprint density at radius 2 is 2.00 bits per heavy atom. The van der Waals surface area contributed by atoms with Crippen molar-refractivity contribution in [2.24, 2.45) is 5.73 Å². The molecule has 0 fully saturated rings. The molecule has 0 amide bonds. The molecule has 0 aromatic rings. The Morgan fingerprint density at radius 1 is 1.62 bits per heavy atom. The average molecular weight is 117 g/mol. The van der Waals surface area contributed by atoms with E-state index in [-0.39, 0.29) is 6.04 Å². The summed E-state index contributed by atoms with van der Waals surface area (Å²) in [6, 6.07) is -0.0949. The van der Waals surface area contributed by atoms with E-state index in [1.165, 1.54) is 0 Å². The second-order valence-corrected chi connectivity index (χ2v) is 2.67. The fraction of sp³-hybridized carbons (Fsp3) is 1.00. The summed E-state index contributed by atoms with van der Waals surface area (Å²) in [5.74, 6) is 0. The zero-order valence-electron chi connectivity index (χ0n) is 5.81. The number of rotatable bonds is 2. The van der Waals surface area contributed by atoms with Gasteiger partial charge in [0.2, 0.25) is 0 Å². The number of nitrogens with two attached hydrogens (primary N) is 1. The lowest BCUT2D eigenvalue weighted by Gasteiger charge is -2.23. The molecule has 0 spiro atoms. The van der Waals surface area contributed by atoms with Crippen LogP contribution in [0.1, 0.15) is 27.2 Å². The van der Waals surface area contributed by atoms with E-state index in [1.807, 2.05) is 6.92 Å². The van der Waals surface area contributed by atoms with E-state index >= 15 is 0 Å². The second-order valence-electron chi connectivity index (χ2n) is 2.67. The van der Waals surface area contributed by atoms with Crippen molar-refractivity contribution in [1.29, 1.82) is 0 Å². The summed E-state index contributed by atoms with van der Waals surface area (Å²) in [6.07, 6.45) is 0.823. The maximum atomic E-state index is 9.16. The summed E-state index contributed by atoms with van der Waals surface area (Å²) in [5.41, 5.74) is 4.79. The van der Waals surface area contributed by atoms with E-state index in [2.05, 4.69) is 0 Å². The van der Waals surface area contributed by atoms with Crippen molar-refractivity contribution in [3.8, 4) is 0 Å². The van der Waals surface area contributed by atoms with Gasteiger partial charge < -0.3 is 10.8 Å². The molecule has 3 N–H and O–H groups in total. The quantitative estimate of drug-likeness (QED) is 0.553. The molecule has 0 saturated heterocycles. The minimum atomic E-state index is -0.714. The highest BCUT2D eigenvalue weighted by atomic mass is 16.3. The third-order valence-corrected chi connectivity index (χ3v) is 1.35. The van der Waals surface area contributed by atoms with Gasteiger partial charge in [0, 0.05) is 6.04 Å². The summed E-state index contributed by atoms with van der Waals surface area (Å²) in [5, 5.41) is 9.16. The van der Waals surface area contributed by atoms with Crippen molar-refractivity contribution < 1.29 is 5.11 Å². The van der Waals surface area contributed by atoms with E-state index in [1.54, 1.807) is 13.8 Å². The largest absolute Gasteiger partial charge is 0.389 e. The molecule has 0 saturated carbocycles. The van der Waals surface area contributed by atoms with Crippen molar-refractivity contribution in [1.82, 2.24) is 0 Å². The van der Waals surface area contributed by atoms with E-state index in [0.29, 0.717) is 0 Å². The molecule has 0 aliphatic rings. The molecule has 0 aliphatic carbocycles. The Kier molecular flexibility index (Phi) is 2.44. The molecule has 2 nitrogen and oxygen atoms in total. The van der Waals surface area contributed by atoms with Crippen LogP contribution in [0.25, 0.3) is 0 Å². The van der Waals surface area contributed by atoms with Gasteiger partial charge in [0.15, 0.2) is 0 Å². The Hall–Kier alpha value is -0.0800. The third-order valence-electron chi connectivity index (χ3n) is 1.35. The van der Waals surface area contributed by atoms with Crippen LogP contribution in [0.3, 0.4) is 0 Å². The van der Waals surface area contributed by atoms with Gasteiger partial charge in [0.25, 0.3) is 0 Å². The van der Waals surface area contributed by atoms with Crippen molar-refractivity contribution in [2.45, 2.75) is 38.8 Å². The molecule has 0 aromatic carbocycles. The predicted octanol–water partition coefficient (Wildman–Crippen LogP) is 0.495. The fourth-order valence-electron chi connectivity index (χ4n) is 0.500. The zero-order valence-corrected chi connectivity index (χ0v) is 5.81. The van der Waals surface area contributed by atoms with Crippen LogP contribution in [-0.4, -0.2) is 16.7 Å². The van der Waals surface area contributed by atoms with Gasteiger partial charge in [-0.25, -0.2) is 0 Å². The first-order valence-corrected chi connectivity index (χ1v) is 2.96. The van der Waals surface area contributed by atoms with E-state index in [0.717, 1.165) is 6.42 Å². The van der Waals surface area contributed by atoms with Crippen LogP contribution < -0.4 is 5.73 Å². The molecule has 8 heavy (non-hydrogen) atoms. The van der Waals surface area contributed by atoms with E-state index in [9.17, 15) is 0 Å². The van der Waals surface area contributed by atoms with Gasteiger partial charge in [-0.2, -0.15) is 0 Å². The molecular weight excluding hydrogens is 102 g/mol. The minimum absolute atomic E-state index is 0.0949. The number of aliphatic hydroxyl groups is 1. The molecule has 0 aromatic heterocycles. The first-order valence-electron chi connectivity index (χ1n) is 2.96. The highest BCUT2D eigenvalue weighted by Gasteiger charge is 2.19. The summed E-state index contributed by atoms with van der Waals surface area (Å²) < 4.78 is 0. The predicted molar refractivity (Wildman–Crippen MR) is 34.6 cm³/mol. The summed E-state index contributed by atoms with van der Waals surface area (Å²) in [7, 11) is 0. The lowest BCUT2D eigenvalue weighted by molar-refractivity contribution is 0.0508. The maximum absolute atomic E-state index is 9.16. The van der Waals surface area contributed by atoms with Crippen LogP contribution in [0.15, 0.2) is 0 Å². The molecule has 1 atom stereocenters. The van der Waals surface area contributed by atoms with Crippen LogP contribution in [0.4, 0.5) is 0 Å². The monoisotopic (exact) mass is 117 g/mol. The molecule has 0 bridgehead atoms. The van der Waals surface area contributed by atoms with Crippen molar-refractivity contribution >= 4 is 0 Å². The Bertz CT molecular complexity index is 65.4. The lowest BCUT2D eigenvalue weighted by atomic mass is 9.98. The summed E-state index contributed by atoms with van der Waals surface area (Å²) in [6.45, 7) is 5.41. The summed E-state index contributed by atoms with van der Waals surface area (Å²) in [4.78, 5) is 0. The van der Waals surface area contributed by atoms with Gasteiger partial charge in [-0.05, 0) is 20.3 Å². The van der Waals surface area contributed by atoms with Crippen molar-refractivity contribution in [2.75, 3.05) is 0 Å².